The third-order valence-electron chi connectivity index (χ3n) is 3.96. The summed E-state index contributed by atoms with van der Waals surface area (Å²) in [6, 6.07) is 0. The van der Waals surface area contributed by atoms with E-state index in [0.717, 1.165) is 32.1 Å². The quantitative estimate of drug-likeness (QED) is 0.269. The maximum absolute atomic E-state index is 12.4. The van der Waals surface area contributed by atoms with E-state index in [1.54, 1.807) is 0 Å². The molecular formula is C14H23Br3O4S. The molecule has 0 aromatic rings. The van der Waals surface area contributed by atoms with E-state index in [9.17, 15) is 13.2 Å². The number of halogens is 3. The van der Waals surface area contributed by atoms with E-state index in [1.165, 1.54) is 0 Å². The number of unbranched alkanes of at least 4 members (excludes halogenated alkanes) is 3. The third-order valence-corrected chi connectivity index (χ3v) is 9.98. The van der Waals surface area contributed by atoms with Crippen LogP contribution in [0.4, 0.5) is 0 Å². The molecule has 0 aromatic carbocycles. The van der Waals surface area contributed by atoms with Crippen molar-refractivity contribution in [2.24, 2.45) is 5.92 Å². The van der Waals surface area contributed by atoms with Crippen LogP contribution < -0.4 is 0 Å². The predicted molar refractivity (Wildman–Crippen MR) is 99.3 cm³/mol. The number of sulfone groups is 1. The summed E-state index contributed by atoms with van der Waals surface area (Å²) in [4.78, 5) is 12.1. The van der Waals surface area contributed by atoms with Gasteiger partial charge in [-0.25, -0.2) is 8.42 Å². The molecule has 0 aromatic heterocycles. The summed E-state index contributed by atoms with van der Waals surface area (Å²) in [5.41, 5.74) is 0. The molecule has 0 aliphatic heterocycles. The van der Waals surface area contributed by atoms with Crippen molar-refractivity contribution in [1.82, 2.24) is 0 Å². The van der Waals surface area contributed by atoms with Crippen molar-refractivity contribution in [2.75, 3.05) is 6.61 Å². The number of carbonyl (C=O) groups excluding carboxylic acids is 1. The Morgan fingerprint density at radius 2 is 1.86 bits per heavy atom. The number of carbonyl (C=O) groups is 1. The molecule has 2 unspecified atom stereocenters. The summed E-state index contributed by atoms with van der Waals surface area (Å²) in [7, 11) is -3.46. The van der Waals surface area contributed by atoms with Crippen molar-refractivity contribution in [1.29, 1.82) is 0 Å². The van der Waals surface area contributed by atoms with Crippen LogP contribution in [0.3, 0.4) is 0 Å². The van der Waals surface area contributed by atoms with E-state index >= 15 is 0 Å². The number of alkyl halides is 3. The Kier molecular flexibility index (Phi) is 8.90. The lowest BCUT2D eigenvalue weighted by Crippen LogP contribution is -2.37. The molecule has 0 heterocycles. The Bertz CT molecular complexity index is 459. The maximum Gasteiger partial charge on any atom is 0.308 e. The molecular weight excluding hydrogens is 504 g/mol. The SMILES string of the molecule is CCCCCCOC(=O)C1CCCC(S(=O)(=O)C(Br)(Br)Br)C1. The first-order valence-electron chi connectivity index (χ1n) is 7.67. The second kappa shape index (κ2) is 9.37. The average Bonchev–Trinajstić information content (AvgIpc) is 2.45. The van der Waals surface area contributed by atoms with Crippen molar-refractivity contribution in [2.45, 2.75) is 65.0 Å². The highest BCUT2D eigenvalue weighted by molar-refractivity contribution is 9.42. The summed E-state index contributed by atoms with van der Waals surface area (Å²) in [5, 5.41) is -0.544. The molecule has 1 aliphatic rings. The Morgan fingerprint density at radius 1 is 1.18 bits per heavy atom. The third kappa shape index (κ3) is 6.06. The summed E-state index contributed by atoms with van der Waals surface area (Å²) in [6.07, 6.45) is 6.57. The molecule has 1 rings (SSSR count). The first-order valence-corrected chi connectivity index (χ1v) is 11.6. The highest BCUT2D eigenvalue weighted by Gasteiger charge is 2.45. The smallest absolute Gasteiger partial charge is 0.308 e. The van der Waals surface area contributed by atoms with Crippen LogP contribution in [0, 0.1) is 5.92 Å². The molecule has 1 aliphatic carbocycles. The Labute approximate surface area is 158 Å². The van der Waals surface area contributed by atoms with E-state index in [4.69, 9.17) is 4.74 Å². The zero-order valence-corrected chi connectivity index (χ0v) is 18.3. The molecule has 0 radical (unpaired) electrons. The maximum atomic E-state index is 12.4. The van der Waals surface area contributed by atoms with Crippen molar-refractivity contribution in [3.05, 3.63) is 0 Å². The zero-order chi connectivity index (χ0) is 16.8. The van der Waals surface area contributed by atoms with Crippen LogP contribution in [0.15, 0.2) is 0 Å². The number of ether oxygens (including phenoxy) is 1. The van der Waals surface area contributed by atoms with E-state index in [0.29, 0.717) is 25.9 Å². The molecule has 1 fully saturated rings. The molecule has 4 nitrogen and oxygen atoms in total. The molecule has 2 atom stereocenters. The molecule has 22 heavy (non-hydrogen) atoms. The fraction of sp³-hybridized carbons (Fsp3) is 0.929. The van der Waals surface area contributed by atoms with E-state index in [2.05, 4.69) is 54.7 Å². The Morgan fingerprint density at radius 3 is 2.45 bits per heavy atom. The lowest BCUT2D eigenvalue weighted by Gasteiger charge is -2.30. The molecule has 130 valence electrons. The standard InChI is InChI=1S/C14H23Br3O4S/c1-2-3-4-5-9-21-13(18)11-7-6-8-12(10-11)22(19,20)14(15,16)17/h11-12H,2-10H2,1H3. The molecule has 0 saturated heterocycles. The number of rotatable bonds is 7. The molecule has 0 bridgehead atoms. The zero-order valence-electron chi connectivity index (χ0n) is 12.7. The van der Waals surface area contributed by atoms with Gasteiger partial charge in [-0.15, -0.1) is 0 Å². The van der Waals surface area contributed by atoms with Gasteiger partial charge in [0.1, 0.15) is 0 Å². The van der Waals surface area contributed by atoms with Gasteiger partial charge in [0.05, 0.1) is 17.8 Å². The second-order valence-corrected chi connectivity index (χ2v) is 16.4. The van der Waals surface area contributed by atoms with Crippen LogP contribution in [0.2, 0.25) is 0 Å². The fourth-order valence-corrected chi connectivity index (χ4v) is 6.37. The molecule has 0 spiro atoms. The highest BCUT2D eigenvalue weighted by atomic mass is 80.0. The molecule has 8 heteroatoms. The van der Waals surface area contributed by atoms with Crippen molar-refractivity contribution >= 4 is 63.6 Å². The summed E-state index contributed by atoms with van der Waals surface area (Å²) in [5.74, 6) is -0.560. The van der Waals surface area contributed by atoms with Crippen molar-refractivity contribution in [3.63, 3.8) is 0 Å². The van der Waals surface area contributed by atoms with Crippen LogP contribution in [-0.4, -0.2) is 27.7 Å². The summed E-state index contributed by atoms with van der Waals surface area (Å²) >= 11 is 9.26. The van der Waals surface area contributed by atoms with E-state index in [-0.39, 0.29) is 11.9 Å². The topological polar surface area (TPSA) is 60.4 Å². The van der Waals surface area contributed by atoms with E-state index in [1.807, 2.05) is 0 Å². The Hall–Kier alpha value is 0.860. The van der Waals surface area contributed by atoms with Crippen LogP contribution >= 0.6 is 47.8 Å². The lowest BCUT2D eigenvalue weighted by atomic mass is 9.89. The van der Waals surface area contributed by atoms with Gasteiger partial charge in [0.15, 0.2) is 9.84 Å². The van der Waals surface area contributed by atoms with Gasteiger partial charge in [-0.1, -0.05) is 32.6 Å². The minimum atomic E-state index is -3.46. The normalized spacial score (nSPS) is 23.3. The first kappa shape index (κ1) is 20.9. The number of hydrogen-bond donors (Lipinski definition) is 0. The summed E-state index contributed by atoms with van der Waals surface area (Å²) in [6.45, 7) is 2.57. The molecule has 0 N–H and O–H groups in total. The molecule has 1 saturated carbocycles. The van der Waals surface area contributed by atoms with Gasteiger partial charge in [-0.05, 0) is 73.5 Å². The van der Waals surface area contributed by atoms with Gasteiger partial charge in [0, 0.05) is 0 Å². The second-order valence-electron chi connectivity index (χ2n) is 5.70. The minimum absolute atomic E-state index is 0.249. The van der Waals surface area contributed by atoms with Gasteiger partial charge in [0.25, 0.3) is 0 Å². The van der Waals surface area contributed by atoms with Gasteiger partial charge < -0.3 is 4.74 Å². The van der Waals surface area contributed by atoms with Crippen LogP contribution in [0.5, 0.6) is 0 Å². The van der Waals surface area contributed by atoms with Crippen LogP contribution in [-0.2, 0) is 19.4 Å². The van der Waals surface area contributed by atoms with Crippen LogP contribution in [0.25, 0.3) is 0 Å². The monoisotopic (exact) mass is 524 g/mol. The highest BCUT2D eigenvalue weighted by Crippen LogP contribution is 2.45. The van der Waals surface area contributed by atoms with Gasteiger partial charge >= 0.3 is 5.97 Å². The Balaban J connectivity index is 2.51. The van der Waals surface area contributed by atoms with Gasteiger partial charge in [-0.3, -0.25) is 4.79 Å². The summed E-state index contributed by atoms with van der Waals surface area (Å²) < 4.78 is 28.8. The van der Waals surface area contributed by atoms with Gasteiger partial charge in [-0.2, -0.15) is 0 Å². The molecule has 0 amide bonds. The number of hydrogen-bond acceptors (Lipinski definition) is 4. The van der Waals surface area contributed by atoms with Crippen molar-refractivity contribution in [3.8, 4) is 0 Å². The fourth-order valence-electron chi connectivity index (χ4n) is 2.65. The lowest BCUT2D eigenvalue weighted by molar-refractivity contribution is -0.149. The largest absolute Gasteiger partial charge is 0.465 e. The number of esters is 1. The van der Waals surface area contributed by atoms with Gasteiger partial charge in [0.2, 0.25) is 1.47 Å². The van der Waals surface area contributed by atoms with Crippen LogP contribution in [0.1, 0.15) is 58.3 Å². The predicted octanol–water partition coefficient (Wildman–Crippen LogP) is 4.88. The van der Waals surface area contributed by atoms with Crippen molar-refractivity contribution < 1.29 is 17.9 Å². The minimum Gasteiger partial charge on any atom is -0.465 e. The van der Waals surface area contributed by atoms with E-state index < -0.39 is 16.6 Å². The average molecular weight is 527 g/mol. The first-order chi connectivity index (χ1) is 10.2.